The molecule has 0 aliphatic rings. The maximum Gasteiger partial charge on any atom is 0.414 e. The monoisotopic (exact) mass is 600 g/mol. The molecule has 0 radical (unpaired) electrons. The molecule has 14 nitrogen and oxygen atoms in total. The minimum atomic E-state index is -1.82. The summed E-state index contributed by atoms with van der Waals surface area (Å²) in [6.07, 6.45) is -1.56. The van der Waals surface area contributed by atoms with Gasteiger partial charge in [-0.2, -0.15) is 10.1 Å². The van der Waals surface area contributed by atoms with Gasteiger partial charge in [0.25, 0.3) is 0 Å². The Morgan fingerprint density at radius 2 is 0.905 bits per heavy atom. The number of carbonyl (C=O) groups is 2. The maximum atomic E-state index is 10.0. The molecular weight excluding hydrogens is 556 g/mol. The fourth-order valence-electron chi connectivity index (χ4n) is 3.11. The highest BCUT2D eigenvalue weighted by Gasteiger charge is 2.17. The average Bonchev–Trinajstić information content (AvgIpc) is 2.96. The number of methoxy groups -OCH3 is 4. The van der Waals surface area contributed by atoms with Crippen LogP contribution in [0.1, 0.15) is 51.0 Å². The lowest BCUT2D eigenvalue weighted by Gasteiger charge is -2.22. The highest BCUT2D eigenvalue weighted by atomic mass is 16.5. The molecule has 0 saturated carbocycles. The van der Waals surface area contributed by atoms with Crippen molar-refractivity contribution in [2.24, 2.45) is 0 Å². The fourth-order valence-corrected chi connectivity index (χ4v) is 3.11. The Morgan fingerprint density at radius 3 is 1.12 bits per heavy atom. The summed E-state index contributed by atoms with van der Waals surface area (Å²) in [6, 6.07) is 10.3. The van der Waals surface area contributed by atoms with Crippen LogP contribution in [0.15, 0.2) is 36.4 Å². The van der Waals surface area contributed by atoms with E-state index in [9.17, 15) is 20.6 Å². The molecular formula is C28H44N2O12. The zero-order valence-electron chi connectivity index (χ0n) is 25.2. The van der Waals surface area contributed by atoms with E-state index in [0.717, 1.165) is 10.1 Å². The lowest BCUT2D eigenvalue weighted by molar-refractivity contribution is -0.159. The maximum absolute atomic E-state index is 10.0. The summed E-state index contributed by atoms with van der Waals surface area (Å²) in [6.45, 7) is 7.69. The summed E-state index contributed by atoms with van der Waals surface area (Å²) < 4.78 is 20.6. The number of hydrogen-bond acceptors (Lipinski definition) is 12. The van der Waals surface area contributed by atoms with E-state index >= 15 is 0 Å². The molecule has 0 aliphatic carbocycles. The molecule has 14 heteroatoms. The molecule has 0 aliphatic heterocycles. The second-order valence-corrected chi connectivity index (χ2v) is 9.30. The van der Waals surface area contributed by atoms with Crippen LogP contribution in [0, 0.1) is 0 Å². The summed E-state index contributed by atoms with van der Waals surface area (Å²) >= 11 is 0. The molecule has 2 aromatic carbocycles. The molecule has 0 bridgehead atoms. The van der Waals surface area contributed by atoms with Crippen molar-refractivity contribution in [3.8, 4) is 23.0 Å². The molecule has 2 atom stereocenters. The summed E-state index contributed by atoms with van der Waals surface area (Å²) in [5, 5.41) is 56.2. The van der Waals surface area contributed by atoms with Gasteiger partial charge in [0.15, 0.2) is 23.0 Å². The average molecular weight is 601 g/mol. The van der Waals surface area contributed by atoms with E-state index in [1.165, 1.54) is 0 Å². The van der Waals surface area contributed by atoms with Crippen LogP contribution in [0.4, 0.5) is 0 Å². The molecule has 2 unspecified atom stereocenters. The first kappa shape index (κ1) is 38.3. The molecule has 2 aromatic rings. The molecule has 0 heterocycles. The first-order valence-corrected chi connectivity index (χ1v) is 12.8. The van der Waals surface area contributed by atoms with Crippen LogP contribution < -0.4 is 18.9 Å². The largest absolute Gasteiger partial charge is 0.493 e. The van der Waals surface area contributed by atoms with Crippen LogP contribution in [0.5, 0.6) is 23.0 Å². The van der Waals surface area contributed by atoms with Crippen LogP contribution >= 0.6 is 0 Å². The van der Waals surface area contributed by atoms with Crippen molar-refractivity contribution >= 4 is 11.9 Å². The van der Waals surface area contributed by atoms with Crippen molar-refractivity contribution in [3.63, 3.8) is 0 Å². The van der Waals surface area contributed by atoms with Gasteiger partial charge in [0, 0.05) is 12.1 Å². The Kier molecular flexibility index (Phi) is 17.8. The second-order valence-electron chi connectivity index (χ2n) is 9.30. The number of aliphatic carboxylic acids is 2. The predicted molar refractivity (Wildman–Crippen MR) is 152 cm³/mol. The lowest BCUT2D eigenvalue weighted by Crippen LogP contribution is -2.31. The van der Waals surface area contributed by atoms with Crippen LogP contribution in [0.2, 0.25) is 0 Å². The van der Waals surface area contributed by atoms with Crippen LogP contribution in [0.3, 0.4) is 0 Å². The molecule has 0 fully saturated rings. The first-order valence-electron chi connectivity index (χ1n) is 12.8. The molecule has 0 saturated heterocycles. The van der Waals surface area contributed by atoms with Crippen LogP contribution in [0.25, 0.3) is 0 Å². The van der Waals surface area contributed by atoms with Gasteiger partial charge in [0.1, 0.15) is 0 Å². The predicted octanol–water partition coefficient (Wildman–Crippen LogP) is 2.83. The van der Waals surface area contributed by atoms with E-state index in [-0.39, 0.29) is 25.2 Å². The Morgan fingerprint density at radius 1 is 0.619 bits per heavy atom. The summed E-state index contributed by atoms with van der Waals surface area (Å²) in [7, 11) is 6.20. The normalized spacial score (nSPS) is 12.1. The Hall–Kier alpha value is -3.66. The van der Waals surface area contributed by atoms with Crippen molar-refractivity contribution in [2.75, 3.05) is 41.5 Å². The number of carboxylic acid groups (broad SMARTS) is 2. The zero-order valence-corrected chi connectivity index (χ0v) is 25.2. The van der Waals surface area contributed by atoms with Gasteiger partial charge < -0.3 is 49.8 Å². The molecule has 0 aromatic heterocycles. The van der Waals surface area contributed by atoms with Gasteiger partial charge in [-0.05, 0) is 63.1 Å². The van der Waals surface area contributed by atoms with Gasteiger partial charge in [-0.3, -0.25) is 0 Å². The quantitative estimate of drug-likeness (QED) is 0.153. The summed E-state index contributed by atoms with van der Waals surface area (Å²) in [5.41, 5.74) is 1.35. The number of ether oxygens (including phenoxy) is 4. The van der Waals surface area contributed by atoms with E-state index in [0.29, 0.717) is 34.1 Å². The smallest absolute Gasteiger partial charge is 0.414 e. The lowest BCUT2D eigenvalue weighted by atomic mass is 10.1. The van der Waals surface area contributed by atoms with E-state index in [1.54, 1.807) is 64.8 Å². The first-order chi connectivity index (χ1) is 19.6. The Labute approximate surface area is 245 Å². The van der Waals surface area contributed by atoms with E-state index in [1.807, 2.05) is 27.7 Å². The summed E-state index contributed by atoms with van der Waals surface area (Å²) in [5.74, 6) is -1.31. The van der Waals surface area contributed by atoms with Gasteiger partial charge in [-0.15, -0.1) is 0 Å². The third-order valence-electron chi connectivity index (χ3n) is 5.68. The number of benzene rings is 2. The van der Waals surface area contributed by atoms with Gasteiger partial charge >= 0.3 is 11.9 Å². The molecule has 42 heavy (non-hydrogen) atoms. The van der Waals surface area contributed by atoms with Crippen molar-refractivity contribution < 1.29 is 59.4 Å². The van der Waals surface area contributed by atoms with E-state index < -0.39 is 24.1 Å². The van der Waals surface area contributed by atoms with Gasteiger partial charge in [-0.25, -0.2) is 9.59 Å². The molecule has 238 valence electrons. The number of aliphatic hydroxyl groups excluding tert-OH is 2. The molecule has 0 amide bonds. The van der Waals surface area contributed by atoms with E-state index in [2.05, 4.69) is 0 Å². The van der Waals surface area contributed by atoms with E-state index in [4.69, 9.17) is 38.7 Å². The topological polar surface area (TPSA) is 199 Å². The number of carboxylic acids is 2. The minimum absolute atomic E-state index is 0.0419. The molecule has 2 rings (SSSR count). The van der Waals surface area contributed by atoms with Crippen molar-refractivity contribution in [1.82, 2.24) is 10.1 Å². The van der Waals surface area contributed by atoms with Crippen molar-refractivity contribution in [3.05, 3.63) is 47.5 Å². The highest BCUT2D eigenvalue weighted by Crippen LogP contribution is 2.31. The van der Waals surface area contributed by atoms with Gasteiger partial charge in [0.05, 0.1) is 53.7 Å². The fraction of sp³-hybridized carbons (Fsp3) is 0.500. The van der Waals surface area contributed by atoms with Crippen molar-refractivity contribution in [2.45, 2.75) is 52.0 Å². The van der Waals surface area contributed by atoms with Gasteiger partial charge in [0.2, 0.25) is 0 Å². The number of nitrogens with zero attached hydrogens (tertiary/aromatic N) is 2. The molecule has 6 N–H and O–H groups in total. The van der Waals surface area contributed by atoms with Gasteiger partial charge in [-0.1, -0.05) is 12.1 Å². The SMILES string of the molecule is COc1ccc(C(O)CN(O)C(C)C)cc1OC.COc1ccc(C(O)CN(O)C(C)C)cc1OC.O=C(O)C(=O)O. The zero-order chi connectivity index (χ0) is 32.6. The number of aliphatic hydroxyl groups is 2. The van der Waals surface area contributed by atoms with Crippen LogP contribution in [-0.2, 0) is 9.59 Å². The third-order valence-corrected chi connectivity index (χ3v) is 5.68. The number of rotatable bonds is 12. The minimum Gasteiger partial charge on any atom is -0.493 e. The third kappa shape index (κ3) is 13.3. The van der Waals surface area contributed by atoms with Crippen LogP contribution in [-0.4, -0.2) is 107 Å². The Balaban J connectivity index is 0.000000672. The number of hydrogen-bond donors (Lipinski definition) is 6. The highest BCUT2D eigenvalue weighted by molar-refractivity contribution is 6.27. The molecule has 0 spiro atoms. The standard InChI is InChI=1S/2C13H21NO4.C2H2O4/c2*1-9(2)14(16)8-11(15)10-5-6-12(17-3)13(7-10)18-4;3-1(4)2(5)6/h2*5-7,9,11,15-16H,8H2,1-4H3;(H,3,4)(H,5,6). The summed E-state index contributed by atoms with van der Waals surface area (Å²) in [4.78, 5) is 18.2. The number of hydroxylamine groups is 4. The van der Waals surface area contributed by atoms with Crippen molar-refractivity contribution in [1.29, 1.82) is 0 Å². The Bertz CT molecular complexity index is 1010. The second kappa shape index (κ2) is 19.5.